The molecule has 140 valence electrons. The summed E-state index contributed by atoms with van der Waals surface area (Å²) in [6.07, 6.45) is 2.69. The zero-order chi connectivity index (χ0) is 18.4. The van der Waals surface area contributed by atoms with E-state index in [1.54, 1.807) is 23.1 Å². The molecule has 1 amide bonds. The predicted octanol–water partition coefficient (Wildman–Crippen LogP) is 2.67. The molecule has 8 heteroatoms. The molecular weight excluding hydrogens is 364 g/mol. The first-order valence-electron chi connectivity index (χ1n) is 8.49. The van der Waals surface area contributed by atoms with Crippen LogP contribution in [0.5, 0.6) is 5.75 Å². The molecule has 25 heavy (non-hydrogen) atoms. The van der Waals surface area contributed by atoms with Crippen molar-refractivity contribution >= 4 is 27.5 Å². The van der Waals surface area contributed by atoms with E-state index >= 15 is 0 Å². The number of carbonyl (C=O) groups excluding carboxylic acids is 1. The summed E-state index contributed by atoms with van der Waals surface area (Å²) >= 11 is 5.99. The molecule has 6 nitrogen and oxygen atoms in total. The normalized spacial score (nSPS) is 16.0. The van der Waals surface area contributed by atoms with E-state index in [9.17, 15) is 13.2 Å². The molecule has 0 spiro atoms. The highest BCUT2D eigenvalue weighted by atomic mass is 35.5. The van der Waals surface area contributed by atoms with E-state index < -0.39 is 10.0 Å². The number of rotatable bonds is 7. The molecule has 0 aliphatic carbocycles. The number of amides is 1. The lowest BCUT2D eigenvalue weighted by atomic mass is 10.0. The largest absolute Gasteiger partial charge is 0.496 e. The number of hydrogen-bond acceptors (Lipinski definition) is 4. The molecule has 1 heterocycles. The molecule has 0 atom stereocenters. The van der Waals surface area contributed by atoms with Gasteiger partial charge in [0.25, 0.3) is 5.91 Å². The third-order valence-electron chi connectivity index (χ3n) is 4.29. The van der Waals surface area contributed by atoms with Gasteiger partial charge in [-0.05, 0) is 37.5 Å². The van der Waals surface area contributed by atoms with Gasteiger partial charge >= 0.3 is 0 Å². The molecule has 0 aromatic heterocycles. The number of piperidine rings is 1. The predicted molar refractivity (Wildman–Crippen MR) is 98.8 cm³/mol. The second kappa shape index (κ2) is 8.87. The van der Waals surface area contributed by atoms with E-state index in [1.807, 2.05) is 6.92 Å². The maximum absolute atomic E-state index is 12.7. The molecule has 1 aromatic rings. The van der Waals surface area contributed by atoms with Crippen LogP contribution in [0.15, 0.2) is 18.2 Å². The average Bonchev–Trinajstić information content (AvgIpc) is 2.59. The Labute approximate surface area is 154 Å². The van der Waals surface area contributed by atoms with Gasteiger partial charge in [-0.1, -0.05) is 24.9 Å². The van der Waals surface area contributed by atoms with Crippen LogP contribution in [0.1, 0.15) is 43.0 Å². The summed E-state index contributed by atoms with van der Waals surface area (Å²) in [5.41, 5.74) is 0.428. The fourth-order valence-electron chi connectivity index (χ4n) is 2.87. The summed E-state index contributed by atoms with van der Waals surface area (Å²) in [7, 11) is -1.73. The summed E-state index contributed by atoms with van der Waals surface area (Å²) in [5, 5.41) is 0.475. The van der Waals surface area contributed by atoms with Crippen molar-refractivity contribution in [3.63, 3.8) is 0 Å². The third kappa shape index (κ3) is 5.59. The first-order chi connectivity index (χ1) is 11.9. The summed E-state index contributed by atoms with van der Waals surface area (Å²) in [6.45, 7) is 2.95. The Balaban J connectivity index is 1.96. The SMILES string of the molecule is CCCCS(=O)(=O)NC1CCN(C(=O)c2cc(Cl)ccc2OC)CC1. The van der Waals surface area contributed by atoms with Gasteiger partial charge in [-0.25, -0.2) is 13.1 Å². The van der Waals surface area contributed by atoms with Crippen molar-refractivity contribution < 1.29 is 17.9 Å². The van der Waals surface area contributed by atoms with Crippen LogP contribution in [0.4, 0.5) is 0 Å². The van der Waals surface area contributed by atoms with Crippen LogP contribution in [0.25, 0.3) is 0 Å². The molecule has 1 N–H and O–H groups in total. The van der Waals surface area contributed by atoms with E-state index in [-0.39, 0.29) is 17.7 Å². The van der Waals surface area contributed by atoms with E-state index in [1.165, 1.54) is 7.11 Å². The van der Waals surface area contributed by atoms with Crippen LogP contribution < -0.4 is 9.46 Å². The number of unbranched alkanes of at least 4 members (excludes halogenated alkanes) is 1. The maximum Gasteiger partial charge on any atom is 0.257 e. The zero-order valence-electron chi connectivity index (χ0n) is 14.6. The maximum atomic E-state index is 12.7. The fourth-order valence-corrected chi connectivity index (χ4v) is 4.57. The number of benzene rings is 1. The smallest absolute Gasteiger partial charge is 0.257 e. The number of methoxy groups -OCH3 is 1. The topological polar surface area (TPSA) is 75.7 Å². The van der Waals surface area contributed by atoms with Crippen molar-refractivity contribution in [3.8, 4) is 5.75 Å². The fraction of sp³-hybridized carbons (Fsp3) is 0.588. The minimum absolute atomic E-state index is 0.118. The monoisotopic (exact) mass is 388 g/mol. The van der Waals surface area contributed by atoms with Gasteiger partial charge in [-0.2, -0.15) is 0 Å². The zero-order valence-corrected chi connectivity index (χ0v) is 16.2. The van der Waals surface area contributed by atoms with E-state index in [0.29, 0.717) is 48.7 Å². The molecule has 2 rings (SSSR count). The van der Waals surface area contributed by atoms with E-state index in [2.05, 4.69) is 4.72 Å². The molecule has 1 aliphatic heterocycles. The van der Waals surface area contributed by atoms with E-state index in [0.717, 1.165) is 6.42 Å². The van der Waals surface area contributed by atoms with Crippen LogP contribution in [0.3, 0.4) is 0 Å². The molecule has 0 radical (unpaired) electrons. The Bertz CT molecular complexity index is 701. The summed E-state index contributed by atoms with van der Waals surface area (Å²) in [4.78, 5) is 14.4. The Morgan fingerprint density at radius 2 is 2.04 bits per heavy atom. The van der Waals surface area contributed by atoms with Gasteiger partial charge in [0.15, 0.2) is 0 Å². The average molecular weight is 389 g/mol. The highest BCUT2D eigenvalue weighted by Crippen LogP contribution is 2.25. The van der Waals surface area contributed by atoms with E-state index in [4.69, 9.17) is 16.3 Å². The van der Waals surface area contributed by atoms with Crippen molar-refractivity contribution in [3.05, 3.63) is 28.8 Å². The van der Waals surface area contributed by atoms with Crippen molar-refractivity contribution in [2.24, 2.45) is 0 Å². The minimum atomic E-state index is -3.24. The molecule has 1 aliphatic rings. The molecule has 1 fully saturated rings. The molecule has 0 saturated carbocycles. The van der Waals surface area contributed by atoms with Crippen LogP contribution in [-0.2, 0) is 10.0 Å². The standard InChI is InChI=1S/C17H25ClN2O4S/c1-3-4-11-25(22,23)19-14-7-9-20(10-8-14)17(21)15-12-13(18)5-6-16(15)24-2/h5-6,12,14,19H,3-4,7-11H2,1-2H3. The number of carbonyl (C=O) groups is 1. The second-order valence-corrected chi connectivity index (χ2v) is 8.51. The highest BCUT2D eigenvalue weighted by molar-refractivity contribution is 7.89. The molecule has 1 aromatic carbocycles. The highest BCUT2D eigenvalue weighted by Gasteiger charge is 2.27. The lowest BCUT2D eigenvalue weighted by Gasteiger charge is -2.32. The summed E-state index contributed by atoms with van der Waals surface area (Å²) in [5.74, 6) is 0.492. The van der Waals surface area contributed by atoms with Gasteiger partial charge in [0.1, 0.15) is 5.75 Å². The van der Waals surface area contributed by atoms with Crippen LogP contribution in [0, 0.1) is 0 Å². The second-order valence-electron chi connectivity index (χ2n) is 6.20. The van der Waals surface area contributed by atoms with Gasteiger partial charge in [0.2, 0.25) is 10.0 Å². The van der Waals surface area contributed by atoms with Crippen LogP contribution in [0.2, 0.25) is 5.02 Å². The van der Waals surface area contributed by atoms with Gasteiger partial charge in [-0.15, -0.1) is 0 Å². The van der Waals surface area contributed by atoms with Crippen molar-refractivity contribution in [1.82, 2.24) is 9.62 Å². The summed E-state index contributed by atoms with van der Waals surface area (Å²) in [6, 6.07) is 4.83. The Morgan fingerprint density at radius 1 is 1.36 bits per heavy atom. The van der Waals surface area contributed by atoms with Gasteiger partial charge in [0, 0.05) is 24.2 Å². The number of halogens is 1. The van der Waals surface area contributed by atoms with Crippen LogP contribution in [-0.4, -0.2) is 51.2 Å². The van der Waals surface area contributed by atoms with Crippen molar-refractivity contribution in [1.29, 1.82) is 0 Å². The van der Waals surface area contributed by atoms with Crippen molar-refractivity contribution in [2.45, 2.75) is 38.6 Å². The number of sulfonamides is 1. The first kappa shape index (κ1) is 20.0. The lowest BCUT2D eigenvalue weighted by molar-refractivity contribution is 0.0708. The minimum Gasteiger partial charge on any atom is -0.496 e. The Kier molecular flexibility index (Phi) is 7.10. The van der Waals surface area contributed by atoms with Gasteiger partial charge < -0.3 is 9.64 Å². The molecular formula is C17H25ClN2O4S. The number of ether oxygens (including phenoxy) is 1. The van der Waals surface area contributed by atoms with Crippen molar-refractivity contribution in [2.75, 3.05) is 26.0 Å². The third-order valence-corrected chi connectivity index (χ3v) is 6.04. The first-order valence-corrected chi connectivity index (χ1v) is 10.5. The summed E-state index contributed by atoms with van der Waals surface area (Å²) < 4.78 is 32.0. The molecule has 0 unspecified atom stereocenters. The van der Waals surface area contributed by atoms with Gasteiger partial charge in [-0.3, -0.25) is 4.79 Å². The Hall–Kier alpha value is -1.31. The van der Waals surface area contributed by atoms with Crippen LogP contribution >= 0.6 is 11.6 Å². The number of nitrogens with one attached hydrogen (secondary N) is 1. The Morgan fingerprint density at radius 3 is 2.64 bits per heavy atom. The molecule has 0 bridgehead atoms. The number of hydrogen-bond donors (Lipinski definition) is 1. The quantitative estimate of drug-likeness (QED) is 0.779. The number of likely N-dealkylation sites (tertiary alicyclic amines) is 1. The van der Waals surface area contributed by atoms with Gasteiger partial charge in [0.05, 0.1) is 18.4 Å². The number of nitrogens with zero attached hydrogens (tertiary/aromatic N) is 1. The molecule has 1 saturated heterocycles. The lowest BCUT2D eigenvalue weighted by Crippen LogP contribution is -2.47.